The summed E-state index contributed by atoms with van der Waals surface area (Å²) in [4.78, 5) is 11.3. The van der Waals surface area contributed by atoms with E-state index in [1.165, 1.54) is 0 Å². The Kier molecular flexibility index (Phi) is 11.9. The molecule has 19 atom stereocenters. The van der Waals surface area contributed by atoms with Crippen molar-refractivity contribution >= 4 is 5.97 Å². The third kappa shape index (κ3) is 7.69. The van der Waals surface area contributed by atoms with Crippen molar-refractivity contribution in [1.29, 1.82) is 0 Å². The lowest BCUT2D eigenvalue weighted by atomic mass is 9.72. The van der Waals surface area contributed by atoms with E-state index in [4.69, 9.17) is 28.4 Å². The van der Waals surface area contributed by atoms with Crippen molar-refractivity contribution in [3.63, 3.8) is 0 Å². The molecule has 5 rings (SSSR count). The van der Waals surface area contributed by atoms with Crippen molar-refractivity contribution in [2.24, 2.45) is 11.8 Å². The van der Waals surface area contributed by atoms with Crippen LogP contribution in [0.3, 0.4) is 0 Å². The molecule has 10 N–H and O–H groups in total. The first-order chi connectivity index (χ1) is 21.8. The number of hydrogen-bond donors (Lipinski definition) is 10. The van der Waals surface area contributed by atoms with Crippen LogP contribution in [0.25, 0.3) is 0 Å². The van der Waals surface area contributed by atoms with Crippen LogP contribution < -0.4 is 0 Å². The molecule has 3 aliphatic heterocycles. The molecule has 5 fully saturated rings. The molecule has 19 unspecified atom stereocenters. The highest BCUT2D eigenvalue weighted by atomic mass is 16.7. The molecular formula is C29H48O17. The van der Waals surface area contributed by atoms with Gasteiger partial charge in [-0.1, -0.05) is 0 Å². The molecule has 2 aliphatic carbocycles. The molecule has 0 aromatic heterocycles. The van der Waals surface area contributed by atoms with E-state index in [2.05, 4.69) is 0 Å². The summed E-state index contributed by atoms with van der Waals surface area (Å²) in [6.07, 6.45) is -19.9. The maximum atomic E-state index is 11.3. The second-order valence-electron chi connectivity index (χ2n) is 13.2. The van der Waals surface area contributed by atoms with Gasteiger partial charge in [-0.25, -0.2) is 0 Å². The number of aliphatic hydroxyl groups excluding tert-OH is 10. The fraction of sp³-hybridized carbons (Fsp3) is 0.966. The maximum Gasteiger partial charge on any atom is 0.302 e. The summed E-state index contributed by atoms with van der Waals surface area (Å²) in [6.45, 7) is 0.0811. The number of fused-ring (bicyclic) bond motifs is 1. The predicted octanol–water partition coefficient (Wildman–Crippen LogP) is -4.62. The van der Waals surface area contributed by atoms with E-state index in [0.717, 1.165) is 6.92 Å². The third-order valence-electron chi connectivity index (χ3n) is 10.0. The van der Waals surface area contributed by atoms with Crippen molar-refractivity contribution in [1.82, 2.24) is 0 Å². The molecule has 3 heterocycles. The Labute approximate surface area is 265 Å². The average Bonchev–Trinajstić information content (AvgIpc) is 3.02. The van der Waals surface area contributed by atoms with Gasteiger partial charge in [0.2, 0.25) is 0 Å². The molecule has 0 aromatic rings. The number of rotatable bonds is 8. The number of carbonyl (C=O) groups excluding carboxylic acids is 1. The molecule has 17 nitrogen and oxygen atoms in total. The predicted molar refractivity (Wildman–Crippen MR) is 148 cm³/mol. The van der Waals surface area contributed by atoms with Crippen LogP contribution in [-0.2, 0) is 33.2 Å². The molecule has 17 heteroatoms. The number of esters is 1. The molecule has 0 bridgehead atoms. The van der Waals surface area contributed by atoms with Crippen molar-refractivity contribution < 1.29 is 84.3 Å². The first-order valence-corrected chi connectivity index (χ1v) is 15.9. The standard InChI is InChI=1S/C29H48O17/c1-10(31)41-9-20-22(36)24(38)26(40)28(46-20)43-17-6-12(32)5-16-13(17)7-18(27(42-16)11-2-3-14(33)15(34)4-11)44-29-25(39)23(37)21(35)19(8-30)45-29/h11-30,32-40H,2-9H2,1H3. The summed E-state index contributed by atoms with van der Waals surface area (Å²) in [5.74, 6) is -1.50. The van der Waals surface area contributed by atoms with Crippen LogP contribution in [0.4, 0.5) is 0 Å². The Hall–Kier alpha value is -1.13. The van der Waals surface area contributed by atoms with Crippen LogP contribution in [0.1, 0.15) is 45.4 Å². The minimum Gasteiger partial charge on any atom is -0.463 e. The second-order valence-corrected chi connectivity index (χ2v) is 13.2. The van der Waals surface area contributed by atoms with Crippen LogP contribution in [0.15, 0.2) is 0 Å². The van der Waals surface area contributed by atoms with Crippen LogP contribution in [0.5, 0.6) is 0 Å². The molecule has 0 aromatic carbocycles. The first kappa shape index (κ1) is 36.2. The Morgan fingerprint density at radius 2 is 1.28 bits per heavy atom. The third-order valence-corrected chi connectivity index (χ3v) is 10.0. The molecule has 46 heavy (non-hydrogen) atoms. The van der Waals surface area contributed by atoms with Crippen LogP contribution in [-0.4, -0.2) is 174 Å². The number of carbonyl (C=O) groups is 1. The highest BCUT2D eigenvalue weighted by Crippen LogP contribution is 2.45. The molecule has 0 radical (unpaired) electrons. The SMILES string of the molecule is CC(=O)OCC1OC(OC2CC(O)CC3OC(C4CCC(O)C(O)C4)C(OC4OC(CO)C(O)C(O)C4O)CC23)C(O)C(O)C1O. The van der Waals surface area contributed by atoms with Gasteiger partial charge in [0.15, 0.2) is 12.6 Å². The average molecular weight is 669 g/mol. The second kappa shape index (κ2) is 15.2. The molecule has 0 amide bonds. The monoisotopic (exact) mass is 668 g/mol. The van der Waals surface area contributed by atoms with Gasteiger partial charge >= 0.3 is 5.97 Å². The van der Waals surface area contributed by atoms with E-state index < -0.39 is 129 Å². The topological polar surface area (TPSA) is 275 Å². The molecule has 3 saturated heterocycles. The number of aliphatic hydroxyl groups is 10. The normalized spacial score (nSPS) is 51.7. The van der Waals surface area contributed by atoms with Gasteiger partial charge in [-0.3, -0.25) is 4.79 Å². The van der Waals surface area contributed by atoms with Crippen molar-refractivity contribution in [2.45, 2.75) is 150 Å². The van der Waals surface area contributed by atoms with Crippen molar-refractivity contribution in [3.8, 4) is 0 Å². The quantitative estimate of drug-likeness (QED) is 0.109. The fourth-order valence-corrected chi connectivity index (χ4v) is 7.43. The first-order valence-electron chi connectivity index (χ1n) is 15.9. The van der Waals surface area contributed by atoms with E-state index in [-0.39, 0.29) is 31.6 Å². The minimum absolute atomic E-state index is 0.0656. The van der Waals surface area contributed by atoms with Gasteiger partial charge < -0.3 is 79.5 Å². The van der Waals surface area contributed by atoms with E-state index >= 15 is 0 Å². The fourth-order valence-electron chi connectivity index (χ4n) is 7.43. The zero-order valence-electron chi connectivity index (χ0n) is 25.5. The van der Waals surface area contributed by atoms with E-state index in [9.17, 15) is 55.9 Å². The summed E-state index contributed by atoms with van der Waals surface area (Å²) >= 11 is 0. The van der Waals surface area contributed by atoms with Crippen LogP contribution in [0.2, 0.25) is 0 Å². The van der Waals surface area contributed by atoms with Gasteiger partial charge in [0.05, 0.1) is 49.3 Å². The van der Waals surface area contributed by atoms with E-state index in [0.29, 0.717) is 12.8 Å². The minimum atomic E-state index is -1.70. The molecule has 266 valence electrons. The zero-order valence-corrected chi connectivity index (χ0v) is 25.5. The van der Waals surface area contributed by atoms with Gasteiger partial charge in [-0.05, 0) is 38.0 Å². The Balaban J connectivity index is 1.37. The maximum absolute atomic E-state index is 11.3. The van der Waals surface area contributed by atoms with Gasteiger partial charge in [-0.15, -0.1) is 0 Å². The van der Waals surface area contributed by atoms with Gasteiger partial charge in [-0.2, -0.15) is 0 Å². The molecule has 5 aliphatic rings. The van der Waals surface area contributed by atoms with Gasteiger partial charge in [0.1, 0.15) is 55.4 Å². The van der Waals surface area contributed by atoms with Crippen molar-refractivity contribution in [2.75, 3.05) is 13.2 Å². The lowest BCUT2D eigenvalue weighted by Gasteiger charge is -2.52. The largest absolute Gasteiger partial charge is 0.463 e. The Bertz CT molecular complexity index is 1000. The van der Waals surface area contributed by atoms with E-state index in [1.54, 1.807) is 0 Å². The summed E-state index contributed by atoms with van der Waals surface area (Å²) < 4.78 is 35.1. The van der Waals surface area contributed by atoms with Gasteiger partial charge in [0.25, 0.3) is 0 Å². The molecule has 0 spiro atoms. The number of ether oxygens (including phenoxy) is 6. The Morgan fingerprint density at radius 1 is 0.674 bits per heavy atom. The molecular weight excluding hydrogens is 620 g/mol. The highest BCUT2D eigenvalue weighted by molar-refractivity contribution is 5.65. The summed E-state index contributed by atoms with van der Waals surface area (Å²) in [5.41, 5.74) is 0. The van der Waals surface area contributed by atoms with Crippen molar-refractivity contribution in [3.05, 3.63) is 0 Å². The Morgan fingerprint density at radius 3 is 1.89 bits per heavy atom. The molecule has 2 saturated carbocycles. The number of hydrogen-bond acceptors (Lipinski definition) is 17. The van der Waals surface area contributed by atoms with Crippen LogP contribution in [0, 0.1) is 11.8 Å². The summed E-state index contributed by atoms with van der Waals surface area (Å²) in [5, 5.41) is 104. The van der Waals surface area contributed by atoms with Crippen LogP contribution >= 0.6 is 0 Å². The summed E-state index contributed by atoms with van der Waals surface area (Å²) in [7, 11) is 0. The van der Waals surface area contributed by atoms with Gasteiger partial charge in [0, 0.05) is 19.3 Å². The highest BCUT2D eigenvalue weighted by Gasteiger charge is 2.54. The van der Waals surface area contributed by atoms with E-state index in [1.807, 2.05) is 0 Å². The lowest BCUT2D eigenvalue weighted by molar-refractivity contribution is -0.344. The zero-order chi connectivity index (χ0) is 33.4. The smallest absolute Gasteiger partial charge is 0.302 e. The lowest BCUT2D eigenvalue weighted by Crippen LogP contribution is -2.63. The summed E-state index contributed by atoms with van der Waals surface area (Å²) in [6, 6.07) is 0.